The van der Waals surface area contributed by atoms with Crippen molar-refractivity contribution >= 4 is 5.65 Å². The topological polar surface area (TPSA) is 39.4 Å². The first kappa shape index (κ1) is 10.8. The number of pyridine rings is 1. The Balaban J connectivity index is 2.17. The number of fused-ring (bicyclic) bond motifs is 1. The minimum absolute atomic E-state index is 0.774. The number of ether oxygens (including phenoxy) is 1. The van der Waals surface area contributed by atoms with Gasteiger partial charge in [0, 0.05) is 5.56 Å². The molecule has 2 aromatic heterocycles. The fourth-order valence-corrected chi connectivity index (χ4v) is 1.99. The second-order valence-corrected chi connectivity index (χ2v) is 4.07. The van der Waals surface area contributed by atoms with E-state index in [1.165, 1.54) is 0 Å². The van der Waals surface area contributed by atoms with Crippen LogP contribution in [0.5, 0.6) is 5.75 Å². The summed E-state index contributed by atoms with van der Waals surface area (Å²) in [5.41, 5.74) is 2.97. The highest BCUT2D eigenvalue weighted by atomic mass is 16.5. The zero-order chi connectivity index (χ0) is 12.5. The molecule has 3 rings (SSSR count). The standard InChI is InChI=1S/C14H13N3O/c1-10-15-14-5-3-4-13(17(14)16-10)11-6-8-12(18-2)9-7-11/h3-9H,1-2H3. The predicted molar refractivity (Wildman–Crippen MR) is 69.7 cm³/mol. The van der Waals surface area contributed by atoms with Crippen LogP contribution in [0.25, 0.3) is 16.9 Å². The monoisotopic (exact) mass is 239 g/mol. The van der Waals surface area contributed by atoms with Crippen LogP contribution in [0.2, 0.25) is 0 Å². The van der Waals surface area contributed by atoms with E-state index in [4.69, 9.17) is 4.74 Å². The third kappa shape index (κ3) is 1.72. The highest BCUT2D eigenvalue weighted by Crippen LogP contribution is 2.22. The molecule has 0 saturated carbocycles. The normalized spacial score (nSPS) is 10.8. The number of benzene rings is 1. The maximum absolute atomic E-state index is 5.16. The van der Waals surface area contributed by atoms with Gasteiger partial charge in [-0.1, -0.05) is 6.07 Å². The lowest BCUT2D eigenvalue weighted by Crippen LogP contribution is -1.93. The zero-order valence-electron chi connectivity index (χ0n) is 10.3. The number of methoxy groups -OCH3 is 1. The second-order valence-electron chi connectivity index (χ2n) is 4.07. The maximum atomic E-state index is 5.16. The Bertz CT molecular complexity index is 686. The summed E-state index contributed by atoms with van der Waals surface area (Å²) in [6, 6.07) is 13.9. The van der Waals surface area contributed by atoms with Crippen LogP contribution in [-0.4, -0.2) is 21.7 Å². The number of aryl methyl sites for hydroxylation is 1. The molecule has 0 aliphatic rings. The summed E-state index contributed by atoms with van der Waals surface area (Å²) in [5, 5.41) is 4.41. The van der Waals surface area contributed by atoms with Crippen LogP contribution < -0.4 is 4.74 Å². The molecule has 90 valence electrons. The fourth-order valence-electron chi connectivity index (χ4n) is 1.99. The van der Waals surface area contributed by atoms with Crippen LogP contribution >= 0.6 is 0 Å². The molecule has 0 aliphatic heterocycles. The Morgan fingerprint density at radius 2 is 1.83 bits per heavy atom. The molecule has 0 aliphatic carbocycles. The molecule has 0 bridgehead atoms. The molecule has 0 atom stereocenters. The molecule has 0 fully saturated rings. The van der Waals surface area contributed by atoms with Gasteiger partial charge in [-0.25, -0.2) is 9.50 Å². The van der Waals surface area contributed by atoms with Crippen LogP contribution in [0.4, 0.5) is 0 Å². The molecule has 0 unspecified atom stereocenters. The fraction of sp³-hybridized carbons (Fsp3) is 0.143. The molecule has 3 aromatic rings. The highest BCUT2D eigenvalue weighted by molar-refractivity contribution is 5.63. The van der Waals surface area contributed by atoms with E-state index >= 15 is 0 Å². The molecule has 2 heterocycles. The van der Waals surface area contributed by atoms with Gasteiger partial charge < -0.3 is 4.74 Å². The van der Waals surface area contributed by atoms with Gasteiger partial charge in [-0.05, 0) is 43.3 Å². The number of nitrogens with zero attached hydrogens (tertiary/aromatic N) is 3. The quantitative estimate of drug-likeness (QED) is 0.690. The van der Waals surface area contributed by atoms with Crippen molar-refractivity contribution in [1.29, 1.82) is 0 Å². The van der Waals surface area contributed by atoms with E-state index in [9.17, 15) is 0 Å². The Morgan fingerprint density at radius 1 is 1.06 bits per heavy atom. The lowest BCUT2D eigenvalue weighted by atomic mass is 10.1. The van der Waals surface area contributed by atoms with Gasteiger partial charge in [0.1, 0.15) is 11.6 Å². The molecule has 1 aromatic carbocycles. The summed E-state index contributed by atoms with van der Waals surface area (Å²) in [6.45, 7) is 1.89. The molecule has 4 nitrogen and oxygen atoms in total. The average molecular weight is 239 g/mol. The van der Waals surface area contributed by atoms with E-state index < -0.39 is 0 Å². The molecule has 0 amide bonds. The largest absolute Gasteiger partial charge is 0.497 e. The first-order valence-electron chi connectivity index (χ1n) is 5.75. The number of hydrogen-bond acceptors (Lipinski definition) is 3. The van der Waals surface area contributed by atoms with Crippen LogP contribution in [-0.2, 0) is 0 Å². The third-order valence-corrected chi connectivity index (χ3v) is 2.85. The van der Waals surface area contributed by atoms with Gasteiger partial charge >= 0.3 is 0 Å². The first-order chi connectivity index (χ1) is 8.78. The van der Waals surface area contributed by atoms with Gasteiger partial charge in [0.15, 0.2) is 5.65 Å². The summed E-state index contributed by atoms with van der Waals surface area (Å²) in [4.78, 5) is 4.36. The van der Waals surface area contributed by atoms with E-state index in [0.717, 1.165) is 28.5 Å². The SMILES string of the molecule is COc1ccc(-c2cccc3nc(C)nn23)cc1. The molecular weight excluding hydrogens is 226 g/mol. The Labute approximate surface area is 105 Å². The van der Waals surface area contributed by atoms with E-state index in [1.54, 1.807) is 7.11 Å². The molecule has 18 heavy (non-hydrogen) atoms. The second kappa shape index (κ2) is 4.14. The summed E-state index contributed by atoms with van der Waals surface area (Å²) in [7, 11) is 1.66. The minimum atomic E-state index is 0.774. The average Bonchev–Trinajstić information content (AvgIpc) is 2.79. The smallest absolute Gasteiger partial charge is 0.156 e. The minimum Gasteiger partial charge on any atom is -0.497 e. The van der Waals surface area contributed by atoms with Gasteiger partial charge in [0.05, 0.1) is 12.8 Å². The molecule has 0 radical (unpaired) electrons. The number of aromatic nitrogens is 3. The van der Waals surface area contributed by atoms with Crippen molar-refractivity contribution in [2.45, 2.75) is 6.92 Å². The third-order valence-electron chi connectivity index (χ3n) is 2.85. The summed E-state index contributed by atoms with van der Waals surface area (Å²) in [6.07, 6.45) is 0. The lowest BCUT2D eigenvalue weighted by molar-refractivity contribution is 0.415. The van der Waals surface area contributed by atoms with Crippen molar-refractivity contribution in [3.8, 4) is 17.0 Å². The van der Waals surface area contributed by atoms with Crippen molar-refractivity contribution in [3.63, 3.8) is 0 Å². The molecule has 0 saturated heterocycles. The lowest BCUT2D eigenvalue weighted by Gasteiger charge is -2.05. The van der Waals surface area contributed by atoms with E-state index in [2.05, 4.69) is 10.1 Å². The number of rotatable bonds is 2. The van der Waals surface area contributed by atoms with E-state index in [0.29, 0.717) is 0 Å². The van der Waals surface area contributed by atoms with Crippen molar-refractivity contribution in [3.05, 3.63) is 48.3 Å². The summed E-state index contributed by atoms with van der Waals surface area (Å²) in [5.74, 6) is 1.62. The van der Waals surface area contributed by atoms with Crippen molar-refractivity contribution in [2.24, 2.45) is 0 Å². The molecular formula is C14H13N3O. The molecule has 0 N–H and O–H groups in total. The maximum Gasteiger partial charge on any atom is 0.156 e. The van der Waals surface area contributed by atoms with Crippen molar-refractivity contribution < 1.29 is 4.74 Å². The van der Waals surface area contributed by atoms with Crippen LogP contribution in [0.15, 0.2) is 42.5 Å². The van der Waals surface area contributed by atoms with Gasteiger partial charge in [0.25, 0.3) is 0 Å². The van der Waals surface area contributed by atoms with Gasteiger partial charge in [-0.3, -0.25) is 0 Å². The predicted octanol–water partition coefficient (Wildman–Crippen LogP) is 2.71. The van der Waals surface area contributed by atoms with Crippen LogP contribution in [0, 0.1) is 6.92 Å². The van der Waals surface area contributed by atoms with Gasteiger partial charge in [-0.15, -0.1) is 0 Å². The summed E-state index contributed by atoms with van der Waals surface area (Å²) >= 11 is 0. The highest BCUT2D eigenvalue weighted by Gasteiger charge is 2.06. The number of hydrogen-bond donors (Lipinski definition) is 0. The molecule has 0 spiro atoms. The van der Waals surface area contributed by atoms with E-state index in [-0.39, 0.29) is 0 Å². The van der Waals surface area contributed by atoms with Crippen molar-refractivity contribution in [1.82, 2.24) is 14.6 Å². The van der Waals surface area contributed by atoms with Crippen molar-refractivity contribution in [2.75, 3.05) is 7.11 Å². The Kier molecular flexibility index (Phi) is 2.48. The van der Waals surface area contributed by atoms with Gasteiger partial charge in [0.2, 0.25) is 0 Å². The zero-order valence-corrected chi connectivity index (χ0v) is 10.3. The van der Waals surface area contributed by atoms with Crippen LogP contribution in [0.3, 0.4) is 0 Å². The summed E-state index contributed by atoms with van der Waals surface area (Å²) < 4.78 is 7.02. The Hall–Kier alpha value is -2.36. The van der Waals surface area contributed by atoms with Gasteiger partial charge in [-0.2, -0.15) is 5.10 Å². The first-order valence-corrected chi connectivity index (χ1v) is 5.75. The molecule has 4 heteroatoms. The van der Waals surface area contributed by atoms with E-state index in [1.807, 2.05) is 53.9 Å². The Morgan fingerprint density at radius 3 is 2.56 bits per heavy atom. The van der Waals surface area contributed by atoms with Crippen LogP contribution in [0.1, 0.15) is 5.82 Å².